The molecule has 1 nitrogen and oxygen atoms in total. The molecule has 0 aliphatic carbocycles. The average molecular weight is 146 g/mol. The highest BCUT2D eigenvalue weighted by molar-refractivity contribution is 6.23. The fourth-order valence-corrected chi connectivity index (χ4v) is 1.02. The normalized spacial score (nSPS) is 9.55. The third-order valence-electron chi connectivity index (χ3n) is 1.66. The molecule has 0 unspecified atom stereocenters. The Hall–Kier alpha value is -1.05. The Morgan fingerprint density at radius 3 is 2.82 bits per heavy atom. The minimum atomic E-state index is 0.216. The largest absolute Gasteiger partial charge is 0.295 e. The molecule has 0 saturated heterocycles. The lowest BCUT2D eigenvalue weighted by atomic mass is 9.95. The van der Waals surface area contributed by atoms with Crippen molar-refractivity contribution >= 4 is 13.6 Å². The molecule has 56 valence electrons. The Morgan fingerprint density at radius 2 is 2.27 bits per heavy atom. The van der Waals surface area contributed by atoms with Gasteiger partial charge in [-0.05, 0) is 19.3 Å². The van der Waals surface area contributed by atoms with E-state index in [1.54, 1.807) is 0 Å². The Kier molecular flexibility index (Phi) is 2.47. The van der Waals surface area contributed by atoms with Crippen molar-refractivity contribution in [2.45, 2.75) is 13.2 Å². The molecule has 11 heavy (non-hydrogen) atoms. The SMILES string of the molecule is BCC(=O)c1cccc(C)c1. The summed E-state index contributed by atoms with van der Waals surface area (Å²) in [6.07, 6.45) is 0.587. The number of hydrogen-bond acceptors (Lipinski definition) is 1. The summed E-state index contributed by atoms with van der Waals surface area (Å²) in [6.45, 7) is 1.99. The predicted octanol–water partition coefficient (Wildman–Crippen LogP) is 1.23. The second kappa shape index (κ2) is 3.38. The van der Waals surface area contributed by atoms with Gasteiger partial charge in [-0.1, -0.05) is 23.8 Å². The molecule has 0 fully saturated rings. The first-order chi connectivity index (χ1) is 5.24. The number of carbonyl (C=O) groups excluding carboxylic acids is 1. The first kappa shape index (κ1) is 8.06. The van der Waals surface area contributed by atoms with Gasteiger partial charge in [0.05, 0.1) is 0 Å². The number of ketones is 1. The number of benzene rings is 1. The van der Waals surface area contributed by atoms with Crippen LogP contribution in [0, 0.1) is 6.92 Å². The highest BCUT2D eigenvalue weighted by Gasteiger charge is 2.00. The van der Waals surface area contributed by atoms with E-state index in [1.807, 2.05) is 39.0 Å². The maximum absolute atomic E-state index is 11.2. The summed E-state index contributed by atoms with van der Waals surface area (Å²) in [5, 5.41) is 0. The lowest BCUT2D eigenvalue weighted by molar-refractivity contribution is 0.101. The second-order valence-corrected chi connectivity index (χ2v) is 2.65. The Bertz CT molecular complexity index is 268. The molecule has 0 aromatic heterocycles. The molecule has 2 heteroatoms. The van der Waals surface area contributed by atoms with Crippen molar-refractivity contribution in [2.24, 2.45) is 0 Å². The van der Waals surface area contributed by atoms with Crippen molar-refractivity contribution in [3.05, 3.63) is 35.4 Å². The quantitative estimate of drug-likeness (QED) is 0.453. The summed E-state index contributed by atoms with van der Waals surface area (Å²) in [5.41, 5.74) is 1.97. The maximum Gasteiger partial charge on any atom is 0.155 e. The van der Waals surface area contributed by atoms with Crippen LogP contribution in [0.2, 0.25) is 6.32 Å². The smallest absolute Gasteiger partial charge is 0.155 e. The van der Waals surface area contributed by atoms with Gasteiger partial charge in [-0.25, -0.2) is 0 Å². The number of aryl methyl sites for hydroxylation is 1. The zero-order valence-corrected chi connectivity index (χ0v) is 6.92. The van der Waals surface area contributed by atoms with Gasteiger partial charge in [0.15, 0.2) is 5.78 Å². The molecule has 1 aromatic rings. The minimum Gasteiger partial charge on any atom is -0.295 e. The molecule has 0 spiro atoms. The van der Waals surface area contributed by atoms with E-state index in [0.29, 0.717) is 6.32 Å². The Balaban J connectivity index is 2.96. The van der Waals surface area contributed by atoms with Crippen molar-refractivity contribution in [1.29, 1.82) is 0 Å². The van der Waals surface area contributed by atoms with Crippen LogP contribution in [0.3, 0.4) is 0 Å². The third kappa shape index (κ3) is 1.94. The van der Waals surface area contributed by atoms with E-state index in [2.05, 4.69) is 0 Å². The number of rotatable bonds is 2. The first-order valence-electron chi connectivity index (χ1n) is 3.84. The van der Waals surface area contributed by atoms with Crippen LogP contribution >= 0.6 is 0 Å². The van der Waals surface area contributed by atoms with Crippen LogP contribution in [0.5, 0.6) is 0 Å². The molecule has 1 aromatic carbocycles. The van der Waals surface area contributed by atoms with Gasteiger partial charge in [0, 0.05) is 5.56 Å². The van der Waals surface area contributed by atoms with Gasteiger partial charge in [-0.2, -0.15) is 0 Å². The predicted molar refractivity (Wildman–Crippen MR) is 48.9 cm³/mol. The van der Waals surface area contributed by atoms with Gasteiger partial charge < -0.3 is 0 Å². The summed E-state index contributed by atoms with van der Waals surface area (Å²) >= 11 is 0. The van der Waals surface area contributed by atoms with E-state index >= 15 is 0 Å². The molecule has 0 aliphatic heterocycles. The molecule has 0 saturated carbocycles. The topological polar surface area (TPSA) is 17.1 Å². The fraction of sp³-hybridized carbons (Fsp3) is 0.222. The second-order valence-electron chi connectivity index (χ2n) is 2.65. The van der Waals surface area contributed by atoms with E-state index in [4.69, 9.17) is 0 Å². The summed E-state index contributed by atoms with van der Waals surface area (Å²) in [7, 11) is 1.88. The van der Waals surface area contributed by atoms with Crippen molar-refractivity contribution in [3.63, 3.8) is 0 Å². The van der Waals surface area contributed by atoms with E-state index in [9.17, 15) is 4.79 Å². The van der Waals surface area contributed by atoms with E-state index in [0.717, 1.165) is 11.1 Å². The van der Waals surface area contributed by atoms with Crippen molar-refractivity contribution in [3.8, 4) is 0 Å². The van der Waals surface area contributed by atoms with E-state index in [-0.39, 0.29) is 5.78 Å². The third-order valence-corrected chi connectivity index (χ3v) is 1.66. The van der Waals surface area contributed by atoms with Gasteiger partial charge >= 0.3 is 0 Å². The molecule has 1 rings (SSSR count). The zero-order valence-electron chi connectivity index (χ0n) is 6.92. The lowest BCUT2D eigenvalue weighted by Crippen LogP contribution is -1.96. The van der Waals surface area contributed by atoms with Crippen molar-refractivity contribution in [1.82, 2.24) is 0 Å². The lowest BCUT2D eigenvalue weighted by Gasteiger charge is -1.97. The van der Waals surface area contributed by atoms with E-state index < -0.39 is 0 Å². The van der Waals surface area contributed by atoms with Crippen LogP contribution in [0.15, 0.2) is 24.3 Å². The molecule has 0 N–H and O–H groups in total. The maximum atomic E-state index is 11.2. The summed E-state index contributed by atoms with van der Waals surface area (Å²) in [6, 6.07) is 7.69. The van der Waals surface area contributed by atoms with Gasteiger partial charge in [0.1, 0.15) is 7.85 Å². The van der Waals surface area contributed by atoms with Gasteiger partial charge in [0.25, 0.3) is 0 Å². The molecule has 0 bridgehead atoms. The summed E-state index contributed by atoms with van der Waals surface area (Å²) in [5.74, 6) is 0.216. The summed E-state index contributed by atoms with van der Waals surface area (Å²) in [4.78, 5) is 11.2. The van der Waals surface area contributed by atoms with Crippen LogP contribution in [-0.4, -0.2) is 13.6 Å². The Labute approximate surface area is 67.8 Å². The summed E-state index contributed by atoms with van der Waals surface area (Å²) < 4.78 is 0. The number of carbonyl (C=O) groups is 1. The minimum absolute atomic E-state index is 0.216. The van der Waals surface area contributed by atoms with Crippen LogP contribution in [0.25, 0.3) is 0 Å². The van der Waals surface area contributed by atoms with Gasteiger partial charge in [-0.15, -0.1) is 0 Å². The van der Waals surface area contributed by atoms with Crippen LogP contribution in [0.1, 0.15) is 15.9 Å². The van der Waals surface area contributed by atoms with Crippen molar-refractivity contribution < 1.29 is 4.79 Å². The molecule has 0 atom stereocenters. The van der Waals surface area contributed by atoms with Crippen molar-refractivity contribution in [2.75, 3.05) is 0 Å². The Morgan fingerprint density at radius 1 is 1.55 bits per heavy atom. The molecule has 0 aliphatic rings. The number of Topliss-reactive ketones (excluding diaryl/α,β-unsaturated/α-hetero) is 1. The van der Waals surface area contributed by atoms with Crippen LogP contribution in [0.4, 0.5) is 0 Å². The highest BCUT2D eigenvalue weighted by atomic mass is 16.1. The monoisotopic (exact) mass is 146 g/mol. The average Bonchev–Trinajstić information content (AvgIpc) is 2.03. The molecule has 0 amide bonds. The molecular weight excluding hydrogens is 135 g/mol. The molecule has 0 heterocycles. The van der Waals surface area contributed by atoms with Crippen LogP contribution < -0.4 is 0 Å². The number of hydrogen-bond donors (Lipinski definition) is 0. The van der Waals surface area contributed by atoms with E-state index in [1.165, 1.54) is 0 Å². The van der Waals surface area contributed by atoms with Crippen LogP contribution in [-0.2, 0) is 0 Å². The standard InChI is InChI=1S/C9H11BO/c1-7-3-2-4-8(5-7)9(11)6-10/h2-5H,6,10H2,1H3. The first-order valence-corrected chi connectivity index (χ1v) is 3.84. The molecule has 0 radical (unpaired) electrons. The van der Waals surface area contributed by atoms with Gasteiger partial charge in [0.2, 0.25) is 0 Å². The zero-order chi connectivity index (χ0) is 8.27. The van der Waals surface area contributed by atoms with Gasteiger partial charge in [-0.3, -0.25) is 4.79 Å². The fourth-order valence-electron chi connectivity index (χ4n) is 1.02. The highest BCUT2D eigenvalue weighted by Crippen LogP contribution is 2.05. The molecular formula is C9H11BO.